The van der Waals surface area contributed by atoms with Crippen LogP contribution in [0.5, 0.6) is 0 Å². The third kappa shape index (κ3) is 8.23. The lowest BCUT2D eigenvalue weighted by Crippen LogP contribution is -2.49. The van der Waals surface area contributed by atoms with Crippen molar-refractivity contribution in [3.05, 3.63) is 12.2 Å². The Kier molecular flexibility index (Phi) is 9.33. The predicted octanol–water partition coefficient (Wildman–Crippen LogP) is 2.93. The van der Waals surface area contributed by atoms with Gasteiger partial charge in [0.25, 0.3) is 0 Å². The summed E-state index contributed by atoms with van der Waals surface area (Å²) in [4.78, 5) is 6.84. The molecule has 1 saturated heterocycles. The molecule has 1 aliphatic heterocycles. The minimum absolute atomic E-state index is 0.469. The van der Waals surface area contributed by atoms with Crippen LogP contribution in [0.4, 0.5) is 0 Å². The number of hydrogen-bond acceptors (Lipinski definition) is 3. The number of likely N-dealkylation sites (tertiary alicyclic amines) is 1. The molecule has 0 spiro atoms. The van der Waals surface area contributed by atoms with Crippen molar-refractivity contribution in [1.29, 1.82) is 0 Å². The zero-order valence-corrected chi connectivity index (χ0v) is 16.4. The molecule has 1 heterocycles. The monoisotopic (exact) mass is 350 g/mol. The molecule has 0 unspecified atom stereocenters. The molecule has 5 heteroatoms. The van der Waals surface area contributed by atoms with Crippen molar-refractivity contribution >= 4 is 5.96 Å². The Morgan fingerprint density at radius 3 is 2.40 bits per heavy atom. The van der Waals surface area contributed by atoms with Crippen molar-refractivity contribution in [2.24, 2.45) is 4.99 Å². The van der Waals surface area contributed by atoms with E-state index in [1.807, 2.05) is 7.05 Å². The van der Waals surface area contributed by atoms with Gasteiger partial charge in [0.05, 0.1) is 12.7 Å². The fraction of sp³-hybridized carbons (Fsp3) is 0.850. The molecule has 0 radical (unpaired) electrons. The zero-order chi connectivity index (χ0) is 17.9. The highest BCUT2D eigenvalue weighted by Crippen LogP contribution is 2.19. The van der Waals surface area contributed by atoms with Crippen molar-refractivity contribution in [1.82, 2.24) is 15.5 Å². The van der Waals surface area contributed by atoms with Crippen LogP contribution in [0, 0.1) is 0 Å². The Bertz CT molecular complexity index is 408. The number of rotatable bonds is 7. The van der Waals surface area contributed by atoms with Crippen LogP contribution < -0.4 is 10.6 Å². The Balaban J connectivity index is 1.58. The number of ether oxygens (including phenoxy) is 1. The molecule has 0 aromatic rings. The summed E-state index contributed by atoms with van der Waals surface area (Å²) in [6.07, 6.45) is 10.7. The second kappa shape index (κ2) is 11.5. The molecule has 2 N–H and O–H groups in total. The summed E-state index contributed by atoms with van der Waals surface area (Å²) in [5, 5.41) is 6.96. The van der Waals surface area contributed by atoms with Gasteiger partial charge in [-0.25, -0.2) is 0 Å². The number of guanidine groups is 1. The van der Waals surface area contributed by atoms with E-state index in [0.29, 0.717) is 12.1 Å². The quantitative estimate of drug-likeness (QED) is 0.244. The third-order valence-electron chi connectivity index (χ3n) is 5.20. The molecule has 2 rings (SSSR count). The second-order valence-corrected chi connectivity index (χ2v) is 7.64. The molecule has 25 heavy (non-hydrogen) atoms. The first-order valence-electron chi connectivity index (χ1n) is 10.1. The molecule has 0 aromatic carbocycles. The van der Waals surface area contributed by atoms with Gasteiger partial charge in [-0.05, 0) is 32.6 Å². The van der Waals surface area contributed by atoms with E-state index in [2.05, 4.69) is 34.0 Å². The summed E-state index contributed by atoms with van der Waals surface area (Å²) in [5.74, 6) is 0.905. The molecule has 2 aliphatic rings. The van der Waals surface area contributed by atoms with Crippen LogP contribution >= 0.6 is 0 Å². The first-order valence-corrected chi connectivity index (χ1v) is 10.1. The summed E-state index contributed by atoms with van der Waals surface area (Å²) in [6, 6.07) is 0.510. The van der Waals surface area contributed by atoms with Crippen molar-refractivity contribution in [3.63, 3.8) is 0 Å². The van der Waals surface area contributed by atoms with Gasteiger partial charge in [-0.15, -0.1) is 0 Å². The van der Waals surface area contributed by atoms with E-state index in [4.69, 9.17) is 4.74 Å². The van der Waals surface area contributed by atoms with Crippen LogP contribution in [-0.4, -0.2) is 62.8 Å². The van der Waals surface area contributed by atoms with E-state index >= 15 is 0 Å². The van der Waals surface area contributed by atoms with E-state index in [1.165, 1.54) is 44.1 Å². The highest BCUT2D eigenvalue weighted by molar-refractivity contribution is 5.79. The van der Waals surface area contributed by atoms with E-state index in [1.54, 1.807) is 0 Å². The highest BCUT2D eigenvalue weighted by atomic mass is 16.5. The Hall–Kier alpha value is -1.07. The van der Waals surface area contributed by atoms with E-state index in [9.17, 15) is 0 Å². The summed E-state index contributed by atoms with van der Waals surface area (Å²) in [6.45, 7) is 11.0. The fourth-order valence-corrected chi connectivity index (χ4v) is 3.81. The largest absolute Gasteiger partial charge is 0.376 e. The smallest absolute Gasteiger partial charge is 0.191 e. The summed E-state index contributed by atoms with van der Waals surface area (Å²) >= 11 is 0. The molecule has 1 aliphatic carbocycles. The lowest BCUT2D eigenvalue weighted by Gasteiger charge is -2.33. The molecular weight excluding hydrogens is 312 g/mol. The van der Waals surface area contributed by atoms with Crippen LogP contribution in [0.15, 0.2) is 17.1 Å². The Morgan fingerprint density at radius 2 is 1.80 bits per heavy atom. The number of nitrogens with zero attached hydrogens (tertiary/aromatic N) is 2. The number of hydrogen-bond donors (Lipinski definition) is 2. The van der Waals surface area contributed by atoms with Crippen molar-refractivity contribution in [3.8, 4) is 0 Å². The maximum absolute atomic E-state index is 6.04. The molecule has 0 aromatic heterocycles. The average Bonchev–Trinajstić information content (AvgIpc) is 2.87. The molecule has 2 fully saturated rings. The standard InChI is InChI=1S/C20H38N4O/c1-17(2)16-24-13-10-18(11-14-24)23-20(21-3)22-12-15-25-19-8-6-4-5-7-9-19/h18-19H,1,4-16H2,2-3H3,(H2,21,22,23). The first-order chi connectivity index (χ1) is 12.2. The topological polar surface area (TPSA) is 48.9 Å². The molecule has 1 saturated carbocycles. The van der Waals surface area contributed by atoms with Gasteiger partial charge in [-0.1, -0.05) is 37.8 Å². The number of aliphatic imine (C=N–C) groups is 1. The van der Waals surface area contributed by atoms with Gasteiger partial charge < -0.3 is 15.4 Å². The molecule has 0 bridgehead atoms. The van der Waals surface area contributed by atoms with Gasteiger partial charge in [0, 0.05) is 39.3 Å². The van der Waals surface area contributed by atoms with Crippen molar-refractivity contribution < 1.29 is 4.74 Å². The average molecular weight is 351 g/mol. The predicted molar refractivity (Wildman–Crippen MR) is 106 cm³/mol. The maximum Gasteiger partial charge on any atom is 0.191 e. The van der Waals surface area contributed by atoms with Crippen LogP contribution in [-0.2, 0) is 4.74 Å². The van der Waals surface area contributed by atoms with Crippen LogP contribution in [0.25, 0.3) is 0 Å². The van der Waals surface area contributed by atoms with E-state index in [0.717, 1.165) is 51.6 Å². The maximum atomic E-state index is 6.04. The van der Waals surface area contributed by atoms with Gasteiger partial charge in [-0.3, -0.25) is 9.89 Å². The van der Waals surface area contributed by atoms with Crippen LogP contribution in [0.2, 0.25) is 0 Å². The van der Waals surface area contributed by atoms with Gasteiger partial charge in [0.15, 0.2) is 5.96 Å². The summed E-state index contributed by atoms with van der Waals surface area (Å²) in [7, 11) is 1.84. The first kappa shape index (κ1) is 20.2. The fourth-order valence-electron chi connectivity index (χ4n) is 3.81. The molecule has 144 valence electrons. The lowest BCUT2D eigenvalue weighted by molar-refractivity contribution is 0.0467. The SMILES string of the molecule is C=C(C)CN1CCC(NC(=NC)NCCOC2CCCCCC2)CC1. The lowest BCUT2D eigenvalue weighted by atomic mass is 10.0. The second-order valence-electron chi connectivity index (χ2n) is 7.64. The van der Waals surface area contributed by atoms with Crippen molar-refractivity contribution in [2.45, 2.75) is 70.4 Å². The minimum Gasteiger partial charge on any atom is -0.376 e. The van der Waals surface area contributed by atoms with Crippen molar-refractivity contribution in [2.75, 3.05) is 39.8 Å². The minimum atomic E-state index is 0.469. The molecular formula is C20H38N4O. The normalized spacial score (nSPS) is 21.8. The molecule has 5 nitrogen and oxygen atoms in total. The van der Waals surface area contributed by atoms with Gasteiger partial charge in [-0.2, -0.15) is 0 Å². The highest BCUT2D eigenvalue weighted by Gasteiger charge is 2.19. The Labute approximate surface area is 154 Å². The summed E-state index contributed by atoms with van der Waals surface area (Å²) < 4.78 is 6.04. The Morgan fingerprint density at radius 1 is 1.12 bits per heavy atom. The van der Waals surface area contributed by atoms with Crippen LogP contribution in [0.3, 0.4) is 0 Å². The summed E-state index contributed by atoms with van der Waals surface area (Å²) in [5.41, 5.74) is 1.25. The van der Waals surface area contributed by atoms with Gasteiger partial charge in [0.2, 0.25) is 0 Å². The van der Waals surface area contributed by atoms with Gasteiger partial charge >= 0.3 is 0 Å². The third-order valence-corrected chi connectivity index (χ3v) is 5.20. The van der Waals surface area contributed by atoms with Gasteiger partial charge in [0.1, 0.15) is 0 Å². The number of piperidine rings is 1. The van der Waals surface area contributed by atoms with E-state index < -0.39 is 0 Å². The van der Waals surface area contributed by atoms with Crippen LogP contribution in [0.1, 0.15) is 58.3 Å². The molecule has 0 amide bonds. The van der Waals surface area contributed by atoms with E-state index in [-0.39, 0.29) is 0 Å². The molecule has 0 atom stereocenters. The number of nitrogens with one attached hydrogen (secondary N) is 2. The zero-order valence-electron chi connectivity index (χ0n) is 16.4.